The van der Waals surface area contributed by atoms with Crippen molar-refractivity contribution in [3.05, 3.63) is 122 Å². The van der Waals surface area contributed by atoms with E-state index in [0.717, 1.165) is 103 Å². The molecule has 2 unspecified atom stereocenters. The Balaban J connectivity index is 4.21. The highest BCUT2D eigenvalue weighted by atomic mass is 16.7. The van der Waals surface area contributed by atoms with Crippen molar-refractivity contribution in [2.24, 2.45) is 0 Å². The molecule has 0 N–H and O–H groups in total. The van der Waals surface area contributed by atoms with E-state index in [-0.39, 0.29) is 38.6 Å². The Bertz CT molecular complexity index is 1780. The fourth-order valence-electron chi connectivity index (χ4n) is 9.05. The maximum absolute atomic E-state index is 12.9. The molecule has 0 radical (unpaired) electrons. The molecule has 0 bridgehead atoms. The van der Waals surface area contributed by atoms with Crippen LogP contribution in [0.5, 0.6) is 0 Å². The van der Waals surface area contributed by atoms with Gasteiger partial charge in [-0.25, -0.2) is 0 Å². The summed E-state index contributed by atoms with van der Waals surface area (Å²) in [5, 5.41) is 11.8. The molecular weight excluding hydrogens is 1030 g/mol. The number of carbonyl (C=O) groups excluding carboxylic acids is 3. The number of esters is 2. The van der Waals surface area contributed by atoms with E-state index in [9.17, 15) is 19.5 Å². The Hall–Kier alpha value is -4.31. The molecule has 0 aromatic rings. The SMILES string of the molecule is CC/C=C\C/C=C\C/C=C\C/C=C\C/C=C\C/C=C\C/C=C\C/C=C\CCCCCCCCCCC(=O)OC(COC(=O)CCCCCCCCCCCCCCC/C=C\C/C=C\CCCCCCC)COC(OCC[N+](C)(C)C)C(=O)[O-]. The van der Waals surface area contributed by atoms with Crippen LogP contribution in [0.4, 0.5) is 0 Å². The molecule has 83 heavy (non-hydrogen) atoms. The first kappa shape index (κ1) is 78.7. The fraction of sp³-hybridized carbons (Fsp3) is 0.689. The van der Waals surface area contributed by atoms with Crippen LogP contribution in [0.3, 0.4) is 0 Å². The molecule has 9 nitrogen and oxygen atoms in total. The number of aliphatic carboxylic acids is 1. The number of rotatable bonds is 61. The zero-order chi connectivity index (χ0) is 60.5. The van der Waals surface area contributed by atoms with Gasteiger partial charge in [0.2, 0.25) is 0 Å². The molecule has 9 heteroatoms. The number of hydrogen-bond acceptors (Lipinski definition) is 8. The first-order valence-corrected chi connectivity index (χ1v) is 33.7. The second kappa shape index (κ2) is 63.7. The van der Waals surface area contributed by atoms with Gasteiger partial charge in [0.15, 0.2) is 12.4 Å². The van der Waals surface area contributed by atoms with Crippen LogP contribution < -0.4 is 5.11 Å². The van der Waals surface area contributed by atoms with Gasteiger partial charge < -0.3 is 33.3 Å². The first-order chi connectivity index (χ1) is 40.6. The summed E-state index contributed by atoms with van der Waals surface area (Å²) in [6.07, 6.45) is 86.9. The third-order valence-corrected chi connectivity index (χ3v) is 14.2. The lowest BCUT2D eigenvalue weighted by atomic mass is 10.0. The molecule has 0 saturated carbocycles. The van der Waals surface area contributed by atoms with Gasteiger partial charge in [0.25, 0.3) is 0 Å². The average molecular weight is 1160 g/mol. The predicted molar refractivity (Wildman–Crippen MR) is 352 cm³/mol. The van der Waals surface area contributed by atoms with Crippen LogP contribution in [0.15, 0.2) is 122 Å². The van der Waals surface area contributed by atoms with E-state index >= 15 is 0 Å². The summed E-state index contributed by atoms with van der Waals surface area (Å²) in [4.78, 5) is 37.5. The highest BCUT2D eigenvalue weighted by molar-refractivity contribution is 5.70. The van der Waals surface area contributed by atoms with E-state index in [1.54, 1.807) is 0 Å². The van der Waals surface area contributed by atoms with Crippen molar-refractivity contribution in [1.82, 2.24) is 0 Å². The van der Waals surface area contributed by atoms with Gasteiger partial charge in [0.1, 0.15) is 13.2 Å². The monoisotopic (exact) mass is 1160 g/mol. The van der Waals surface area contributed by atoms with Crippen LogP contribution in [0, 0.1) is 0 Å². The van der Waals surface area contributed by atoms with E-state index in [1.807, 2.05) is 21.1 Å². The molecule has 0 aromatic carbocycles. The number of likely N-dealkylation sites (N-methyl/N-ethyl adjacent to an activating group) is 1. The van der Waals surface area contributed by atoms with E-state index in [1.165, 1.54) is 135 Å². The Morgan fingerprint density at radius 3 is 1.02 bits per heavy atom. The summed E-state index contributed by atoms with van der Waals surface area (Å²) in [5.41, 5.74) is 0. The molecule has 474 valence electrons. The second-order valence-corrected chi connectivity index (χ2v) is 23.4. The van der Waals surface area contributed by atoms with Crippen molar-refractivity contribution >= 4 is 17.9 Å². The largest absolute Gasteiger partial charge is 0.545 e. The number of unbranched alkanes of at least 4 members (excludes halogenated alkanes) is 26. The van der Waals surface area contributed by atoms with Crippen LogP contribution in [0.25, 0.3) is 0 Å². The molecule has 0 rings (SSSR count). The molecule has 0 fully saturated rings. The molecule has 0 spiro atoms. The van der Waals surface area contributed by atoms with Crippen LogP contribution >= 0.6 is 0 Å². The van der Waals surface area contributed by atoms with Crippen molar-refractivity contribution in [2.45, 2.75) is 283 Å². The van der Waals surface area contributed by atoms with Crippen molar-refractivity contribution in [2.75, 3.05) is 47.5 Å². The van der Waals surface area contributed by atoms with E-state index in [2.05, 4.69) is 135 Å². The lowest BCUT2D eigenvalue weighted by Gasteiger charge is -2.26. The Morgan fingerprint density at radius 1 is 0.373 bits per heavy atom. The molecular formula is C74H125NO8. The third kappa shape index (κ3) is 65.1. The summed E-state index contributed by atoms with van der Waals surface area (Å²) in [7, 11) is 5.92. The highest BCUT2D eigenvalue weighted by Crippen LogP contribution is 2.16. The topological polar surface area (TPSA) is 111 Å². The maximum Gasteiger partial charge on any atom is 0.306 e. The normalized spacial score (nSPS) is 13.5. The number of ether oxygens (including phenoxy) is 4. The first-order valence-electron chi connectivity index (χ1n) is 33.7. The van der Waals surface area contributed by atoms with Crippen LogP contribution in [-0.2, 0) is 33.3 Å². The van der Waals surface area contributed by atoms with Gasteiger partial charge in [0.05, 0.1) is 40.3 Å². The highest BCUT2D eigenvalue weighted by Gasteiger charge is 2.22. The predicted octanol–water partition coefficient (Wildman–Crippen LogP) is 19.5. The number of quaternary nitrogens is 1. The van der Waals surface area contributed by atoms with Crippen LogP contribution in [-0.4, -0.2) is 82.3 Å². The van der Waals surface area contributed by atoms with Crippen molar-refractivity contribution in [3.63, 3.8) is 0 Å². The molecule has 0 aromatic heterocycles. The molecule has 0 heterocycles. The molecule has 0 amide bonds. The van der Waals surface area contributed by atoms with Gasteiger partial charge in [-0.1, -0.05) is 270 Å². The van der Waals surface area contributed by atoms with Gasteiger partial charge in [-0.2, -0.15) is 0 Å². The van der Waals surface area contributed by atoms with Crippen LogP contribution in [0.2, 0.25) is 0 Å². The number of nitrogens with zero attached hydrogens (tertiary/aromatic N) is 1. The molecule has 0 aliphatic heterocycles. The third-order valence-electron chi connectivity index (χ3n) is 14.2. The van der Waals surface area contributed by atoms with E-state index < -0.39 is 24.3 Å². The van der Waals surface area contributed by atoms with Crippen molar-refractivity contribution < 1.29 is 42.9 Å². The second-order valence-electron chi connectivity index (χ2n) is 23.4. The minimum Gasteiger partial charge on any atom is -0.545 e. The standard InChI is InChI=1S/C74H125NO8/c1-6-8-10-12-14-16-18-20-22-24-26-28-30-32-33-34-35-36-37-38-39-41-43-45-47-49-51-53-55-57-59-61-63-65-72(77)83-70(69-82-74(73(78)79)80-67-66-75(3,4)5)68-81-71(76)64-62-60-58-56-54-52-50-48-46-44-42-40-31-29-27-25-23-21-19-17-15-13-11-9-7-2/h8,10,14,16,19-22,25-28,32-33,35-36,38-39,43,45,70,74H,6-7,9,11-13,15,17-18,23-24,29-31,34,37,40-42,44,46-69H2,1-5H3/b10-8-,16-14-,21-19-,22-20-,27-25-,28-26-,33-32-,36-35-,39-38-,45-43-. The quantitative estimate of drug-likeness (QED) is 0.0195. The number of carboxylic acids is 1. The molecule has 0 aliphatic carbocycles. The smallest absolute Gasteiger partial charge is 0.306 e. The van der Waals surface area contributed by atoms with Crippen molar-refractivity contribution in [3.8, 4) is 0 Å². The average Bonchev–Trinajstić information content (AvgIpc) is 3.46. The van der Waals surface area contributed by atoms with Crippen molar-refractivity contribution in [1.29, 1.82) is 0 Å². The van der Waals surface area contributed by atoms with Crippen LogP contribution in [0.1, 0.15) is 271 Å². The number of hydrogen-bond donors (Lipinski definition) is 0. The summed E-state index contributed by atoms with van der Waals surface area (Å²) in [6.45, 7) is 4.62. The lowest BCUT2D eigenvalue weighted by molar-refractivity contribution is -0.870. The Morgan fingerprint density at radius 2 is 0.687 bits per heavy atom. The maximum atomic E-state index is 12.9. The lowest BCUT2D eigenvalue weighted by Crippen LogP contribution is -2.44. The molecule has 2 atom stereocenters. The number of carboxylic acid groups (broad SMARTS) is 1. The Kier molecular flexibility index (Phi) is 60.4. The van der Waals surface area contributed by atoms with Gasteiger partial charge in [-0.15, -0.1) is 0 Å². The van der Waals surface area contributed by atoms with E-state index in [0.29, 0.717) is 17.4 Å². The van der Waals surface area contributed by atoms with Gasteiger partial charge in [-0.3, -0.25) is 9.59 Å². The summed E-state index contributed by atoms with van der Waals surface area (Å²) >= 11 is 0. The fourth-order valence-corrected chi connectivity index (χ4v) is 9.05. The van der Waals surface area contributed by atoms with E-state index in [4.69, 9.17) is 18.9 Å². The zero-order valence-electron chi connectivity index (χ0n) is 54.0. The van der Waals surface area contributed by atoms with Gasteiger partial charge in [-0.05, 0) is 109 Å². The molecule has 0 saturated heterocycles. The summed E-state index contributed by atoms with van der Waals surface area (Å²) in [6, 6.07) is 0. The van der Waals surface area contributed by atoms with Gasteiger partial charge in [0, 0.05) is 12.8 Å². The number of allylic oxidation sites excluding steroid dienone is 20. The minimum absolute atomic E-state index is 0.140. The summed E-state index contributed by atoms with van der Waals surface area (Å²) < 4.78 is 22.8. The number of carbonyl (C=O) groups is 3. The molecule has 0 aliphatic rings. The summed E-state index contributed by atoms with van der Waals surface area (Å²) in [5.74, 6) is -2.30. The minimum atomic E-state index is -1.63. The van der Waals surface area contributed by atoms with Gasteiger partial charge >= 0.3 is 11.9 Å². The zero-order valence-corrected chi connectivity index (χ0v) is 54.0. The Labute approximate surface area is 510 Å².